The van der Waals surface area contributed by atoms with Gasteiger partial charge in [-0.25, -0.2) is 4.98 Å². The van der Waals surface area contributed by atoms with Crippen molar-refractivity contribution in [2.45, 2.75) is 12.6 Å². The van der Waals surface area contributed by atoms with E-state index in [9.17, 15) is 0 Å². The van der Waals surface area contributed by atoms with Gasteiger partial charge in [-0.2, -0.15) is 0 Å². The average molecular weight is 239 g/mol. The molecule has 0 amide bonds. The molecule has 0 fully saturated rings. The van der Waals surface area contributed by atoms with E-state index in [1.807, 2.05) is 19.2 Å². The Bertz CT molecular complexity index is 333. The first-order valence-corrected chi connectivity index (χ1v) is 5.58. The lowest BCUT2D eigenvalue weighted by molar-refractivity contribution is 0.159. The van der Waals surface area contributed by atoms with Gasteiger partial charge in [0.25, 0.3) is 0 Å². The predicted octanol–water partition coefficient (Wildman–Crippen LogP) is 0.496. The van der Waals surface area contributed by atoms with Crippen LogP contribution in [-0.4, -0.2) is 50.3 Å². The largest absolute Gasteiger partial charge is 0.481 e. The summed E-state index contributed by atoms with van der Waals surface area (Å²) in [6.07, 6.45) is 1.72. The summed E-state index contributed by atoms with van der Waals surface area (Å²) >= 11 is 0. The maximum Gasteiger partial charge on any atom is 0.217 e. The van der Waals surface area contributed by atoms with Crippen molar-refractivity contribution in [2.24, 2.45) is 5.73 Å². The van der Waals surface area contributed by atoms with E-state index in [0.29, 0.717) is 12.5 Å². The molecule has 5 heteroatoms. The van der Waals surface area contributed by atoms with Gasteiger partial charge in [0.2, 0.25) is 5.88 Å². The molecule has 0 saturated carbocycles. The first kappa shape index (κ1) is 13.9. The van der Waals surface area contributed by atoms with E-state index >= 15 is 0 Å². The number of nitrogens with two attached hydrogens (primary N) is 1. The van der Waals surface area contributed by atoms with E-state index in [2.05, 4.69) is 9.88 Å². The van der Waals surface area contributed by atoms with Crippen molar-refractivity contribution in [3.05, 3.63) is 23.9 Å². The Balaban J connectivity index is 2.52. The number of methoxy groups -OCH3 is 2. The van der Waals surface area contributed by atoms with Crippen LogP contribution in [0.2, 0.25) is 0 Å². The summed E-state index contributed by atoms with van der Waals surface area (Å²) in [5.41, 5.74) is 6.95. The van der Waals surface area contributed by atoms with Crippen LogP contribution in [0.15, 0.2) is 18.3 Å². The fourth-order valence-corrected chi connectivity index (χ4v) is 1.75. The fourth-order valence-electron chi connectivity index (χ4n) is 1.75. The molecule has 0 aromatic carbocycles. The second-order valence-corrected chi connectivity index (χ2v) is 4.08. The Morgan fingerprint density at radius 3 is 2.88 bits per heavy atom. The van der Waals surface area contributed by atoms with E-state index in [0.717, 1.165) is 18.7 Å². The quantitative estimate of drug-likeness (QED) is 0.750. The molecule has 0 aliphatic rings. The van der Waals surface area contributed by atoms with E-state index in [1.54, 1.807) is 20.4 Å². The van der Waals surface area contributed by atoms with Crippen LogP contribution in [0.4, 0.5) is 0 Å². The predicted molar refractivity (Wildman–Crippen MR) is 67.0 cm³/mol. The van der Waals surface area contributed by atoms with Gasteiger partial charge in [0, 0.05) is 38.0 Å². The number of nitrogens with zero attached hydrogens (tertiary/aromatic N) is 2. The summed E-state index contributed by atoms with van der Waals surface area (Å²) in [7, 11) is 5.30. The Kier molecular flexibility index (Phi) is 5.90. The number of hydrogen-bond donors (Lipinski definition) is 1. The third-order valence-electron chi connectivity index (χ3n) is 2.41. The second kappa shape index (κ2) is 7.21. The smallest absolute Gasteiger partial charge is 0.217 e. The van der Waals surface area contributed by atoms with Crippen molar-refractivity contribution in [2.75, 3.05) is 34.4 Å². The van der Waals surface area contributed by atoms with Crippen LogP contribution in [0, 0.1) is 0 Å². The normalized spacial score (nSPS) is 12.8. The van der Waals surface area contributed by atoms with E-state index < -0.39 is 0 Å². The molecule has 0 aliphatic heterocycles. The number of likely N-dealkylation sites (N-methyl/N-ethyl adjacent to an activating group) is 1. The molecule has 1 aromatic heterocycles. The van der Waals surface area contributed by atoms with Gasteiger partial charge < -0.3 is 20.1 Å². The topological polar surface area (TPSA) is 60.6 Å². The van der Waals surface area contributed by atoms with Gasteiger partial charge in [-0.05, 0) is 13.1 Å². The van der Waals surface area contributed by atoms with Gasteiger partial charge in [0.1, 0.15) is 0 Å². The number of ether oxygens (including phenoxy) is 2. The third-order valence-corrected chi connectivity index (χ3v) is 2.41. The van der Waals surface area contributed by atoms with Gasteiger partial charge in [0.15, 0.2) is 0 Å². The lowest BCUT2D eigenvalue weighted by atomic mass is 10.2. The summed E-state index contributed by atoms with van der Waals surface area (Å²) in [5.74, 6) is 0.666. The van der Waals surface area contributed by atoms with Gasteiger partial charge in [0.05, 0.1) is 13.7 Å². The maximum atomic E-state index is 5.90. The molecule has 96 valence electrons. The Labute approximate surface area is 103 Å². The zero-order valence-corrected chi connectivity index (χ0v) is 10.7. The molecule has 0 spiro atoms. The minimum atomic E-state index is 0.0210. The van der Waals surface area contributed by atoms with E-state index in [4.69, 9.17) is 15.2 Å². The third kappa shape index (κ3) is 4.68. The van der Waals surface area contributed by atoms with Crippen molar-refractivity contribution in [3.8, 4) is 5.88 Å². The highest BCUT2D eigenvalue weighted by molar-refractivity contribution is 5.25. The number of aromatic nitrogens is 1. The highest BCUT2D eigenvalue weighted by Crippen LogP contribution is 2.15. The Morgan fingerprint density at radius 2 is 2.24 bits per heavy atom. The molecule has 0 saturated heterocycles. The second-order valence-electron chi connectivity index (χ2n) is 4.08. The first-order chi connectivity index (χ1) is 8.17. The summed E-state index contributed by atoms with van der Waals surface area (Å²) in [4.78, 5) is 6.29. The molecule has 1 rings (SSSR count). The zero-order chi connectivity index (χ0) is 12.7. The molecule has 0 aliphatic carbocycles. The molecule has 0 bridgehead atoms. The standard InChI is InChI=1S/C12H21N3O2/c1-15(8-11(13)9-16-2)7-10-5-4-6-14-12(10)17-3/h4-6,11H,7-9,13H2,1-3H3. The highest BCUT2D eigenvalue weighted by Gasteiger charge is 2.10. The monoisotopic (exact) mass is 239 g/mol. The fraction of sp³-hybridized carbons (Fsp3) is 0.583. The van der Waals surface area contributed by atoms with Crippen molar-refractivity contribution in [1.82, 2.24) is 9.88 Å². The van der Waals surface area contributed by atoms with E-state index in [-0.39, 0.29) is 6.04 Å². The van der Waals surface area contributed by atoms with Crippen molar-refractivity contribution in [3.63, 3.8) is 0 Å². The van der Waals surface area contributed by atoms with Crippen molar-refractivity contribution in [1.29, 1.82) is 0 Å². The number of pyridine rings is 1. The number of rotatable bonds is 7. The molecule has 2 N–H and O–H groups in total. The van der Waals surface area contributed by atoms with E-state index in [1.165, 1.54) is 0 Å². The van der Waals surface area contributed by atoms with Crippen LogP contribution >= 0.6 is 0 Å². The van der Waals surface area contributed by atoms with Crippen LogP contribution < -0.4 is 10.5 Å². The molecule has 17 heavy (non-hydrogen) atoms. The summed E-state index contributed by atoms with van der Waals surface area (Å²) in [6, 6.07) is 3.93. The van der Waals surface area contributed by atoms with Crippen LogP contribution in [0.5, 0.6) is 5.88 Å². The lowest BCUT2D eigenvalue weighted by Crippen LogP contribution is -2.38. The minimum absolute atomic E-state index is 0.0210. The first-order valence-electron chi connectivity index (χ1n) is 5.58. The van der Waals surface area contributed by atoms with Crippen LogP contribution in [-0.2, 0) is 11.3 Å². The van der Waals surface area contributed by atoms with Crippen LogP contribution in [0.25, 0.3) is 0 Å². The molecular weight excluding hydrogens is 218 g/mol. The van der Waals surface area contributed by atoms with Crippen LogP contribution in [0.3, 0.4) is 0 Å². The molecule has 0 radical (unpaired) electrons. The van der Waals surface area contributed by atoms with Gasteiger partial charge in [-0.3, -0.25) is 0 Å². The lowest BCUT2D eigenvalue weighted by Gasteiger charge is -2.21. The molecule has 1 atom stereocenters. The van der Waals surface area contributed by atoms with Crippen molar-refractivity contribution < 1.29 is 9.47 Å². The summed E-state index contributed by atoms with van der Waals surface area (Å²) < 4.78 is 10.2. The van der Waals surface area contributed by atoms with Crippen molar-refractivity contribution >= 4 is 0 Å². The molecule has 1 heterocycles. The molecule has 1 aromatic rings. The maximum absolute atomic E-state index is 5.90. The highest BCUT2D eigenvalue weighted by atomic mass is 16.5. The average Bonchev–Trinajstić information content (AvgIpc) is 2.29. The summed E-state index contributed by atoms with van der Waals surface area (Å²) in [5, 5.41) is 0. The summed E-state index contributed by atoms with van der Waals surface area (Å²) in [6.45, 7) is 2.09. The Hall–Kier alpha value is -1.17. The minimum Gasteiger partial charge on any atom is -0.481 e. The van der Waals surface area contributed by atoms with Gasteiger partial charge >= 0.3 is 0 Å². The van der Waals surface area contributed by atoms with Crippen LogP contribution in [0.1, 0.15) is 5.56 Å². The molecule has 1 unspecified atom stereocenters. The van der Waals surface area contributed by atoms with Gasteiger partial charge in [-0.15, -0.1) is 0 Å². The zero-order valence-electron chi connectivity index (χ0n) is 10.7. The SMILES string of the molecule is COCC(N)CN(C)Cc1cccnc1OC. The Morgan fingerprint density at radius 1 is 1.47 bits per heavy atom. The van der Waals surface area contributed by atoms with Gasteiger partial charge in [-0.1, -0.05) is 6.07 Å². The molecule has 5 nitrogen and oxygen atoms in total. The molecular formula is C12H21N3O2. The number of hydrogen-bond acceptors (Lipinski definition) is 5.